The number of H-pyrrole nitrogens is 1. The summed E-state index contributed by atoms with van der Waals surface area (Å²) in [4.78, 5) is 36.8. The Labute approximate surface area is 112 Å². The lowest BCUT2D eigenvalue weighted by atomic mass is 10.1. The second-order valence-electron chi connectivity index (χ2n) is 3.91. The minimum atomic E-state index is -1.32. The highest BCUT2D eigenvalue weighted by molar-refractivity contribution is 6.04. The number of carboxylic acid groups (broad SMARTS) is 1. The van der Waals surface area contributed by atoms with E-state index in [0.717, 1.165) is 12.1 Å². The molecule has 0 aliphatic heterocycles. The predicted molar refractivity (Wildman–Crippen MR) is 70.1 cm³/mol. The van der Waals surface area contributed by atoms with E-state index in [1.54, 1.807) is 0 Å². The zero-order valence-electron chi connectivity index (χ0n) is 10.1. The lowest BCUT2D eigenvalue weighted by Gasteiger charge is -2.06. The average molecular weight is 274 g/mol. The van der Waals surface area contributed by atoms with Crippen molar-refractivity contribution in [3.05, 3.63) is 58.0 Å². The van der Waals surface area contributed by atoms with Gasteiger partial charge in [0.15, 0.2) is 5.43 Å². The van der Waals surface area contributed by atoms with Gasteiger partial charge in [-0.15, -0.1) is 0 Å². The number of amides is 1. The fourth-order valence-electron chi connectivity index (χ4n) is 1.58. The number of nitrogens with one attached hydrogen (secondary N) is 2. The summed E-state index contributed by atoms with van der Waals surface area (Å²) in [5, 5.41) is 20.6. The van der Waals surface area contributed by atoms with Crippen LogP contribution in [0.3, 0.4) is 0 Å². The number of hydrogen-bond donors (Lipinski definition) is 4. The number of phenols is 1. The fraction of sp³-hybridized carbons (Fsp3) is 0. The molecule has 0 spiro atoms. The first kappa shape index (κ1) is 13.3. The first-order valence-electron chi connectivity index (χ1n) is 5.54. The predicted octanol–water partition coefficient (Wildman–Crippen LogP) is 1.03. The number of aromatic carboxylic acids is 1. The van der Waals surface area contributed by atoms with E-state index in [9.17, 15) is 19.5 Å². The topological polar surface area (TPSA) is 119 Å². The third-order valence-electron chi connectivity index (χ3n) is 2.55. The van der Waals surface area contributed by atoms with E-state index in [0.29, 0.717) is 0 Å². The monoisotopic (exact) mass is 274 g/mol. The number of rotatable bonds is 3. The van der Waals surface area contributed by atoms with Gasteiger partial charge in [-0.3, -0.25) is 9.59 Å². The molecule has 2 aromatic rings. The molecule has 2 rings (SSSR count). The molecular formula is C13H10N2O5. The second kappa shape index (κ2) is 5.27. The highest BCUT2D eigenvalue weighted by atomic mass is 16.4. The lowest BCUT2D eigenvalue weighted by Crippen LogP contribution is -2.21. The number of aromatic amines is 1. The van der Waals surface area contributed by atoms with E-state index in [1.165, 1.54) is 24.5 Å². The highest BCUT2D eigenvalue weighted by Gasteiger charge is 2.13. The lowest BCUT2D eigenvalue weighted by molar-refractivity contribution is 0.0693. The Morgan fingerprint density at radius 2 is 1.90 bits per heavy atom. The zero-order valence-corrected chi connectivity index (χ0v) is 10.1. The summed E-state index contributed by atoms with van der Waals surface area (Å²) in [7, 11) is 0. The van der Waals surface area contributed by atoms with Crippen molar-refractivity contribution in [2.45, 2.75) is 0 Å². The Kier molecular flexibility index (Phi) is 3.52. The van der Waals surface area contributed by atoms with E-state index in [1.807, 2.05) is 0 Å². The summed E-state index contributed by atoms with van der Waals surface area (Å²) in [6.07, 6.45) is 2.64. The molecule has 0 bridgehead atoms. The summed E-state index contributed by atoms with van der Waals surface area (Å²) >= 11 is 0. The van der Waals surface area contributed by atoms with Gasteiger partial charge in [0, 0.05) is 24.1 Å². The number of benzene rings is 1. The fourth-order valence-corrected chi connectivity index (χ4v) is 1.58. The van der Waals surface area contributed by atoms with Crippen molar-refractivity contribution in [2.24, 2.45) is 0 Å². The van der Waals surface area contributed by atoms with Crippen LogP contribution >= 0.6 is 0 Å². The molecule has 7 heteroatoms. The van der Waals surface area contributed by atoms with E-state index < -0.39 is 23.1 Å². The van der Waals surface area contributed by atoms with Gasteiger partial charge in [0.2, 0.25) is 0 Å². The maximum absolute atomic E-state index is 11.9. The molecule has 0 radical (unpaired) electrons. The quantitative estimate of drug-likeness (QED) is 0.623. The van der Waals surface area contributed by atoms with Crippen LogP contribution in [0.25, 0.3) is 0 Å². The number of carbonyl (C=O) groups excluding carboxylic acids is 1. The minimum Gasteiger partial charge on any atom is -0.507 e. The molecule has 4 N–H and O–H groups in total. The molecule has 1 aromatic heterocycles. The van der Waals surface area contributed by atoms with Crippen molar-refractivity contribution in [1.82, 2.24) is 4.98 Å². The number of pyridine rings is 1. The van der Waals surface area contributed by atoms with Crippen LogP contribution in [0.5, 0.6) is 5.75 Å². The second-order valence-corrected chi connectivity index (χ2v) is 3.91. The van der Waals surface area contributed by atoms with Crippen molar-refractivity contribution in [2.75, 3.05) is 5.32 Å². The number of aromatic nitrogens is 1. The largest absolute Gasteiger partial charge is 0.507 e. The van der Waals surface area contributed by atoms with Crippen molar-refractivity contribution in [3.63, 3.8) is 0 Å². The third kappa shape index (κ3) is 2.66. The molecule has 7 nitrogen and oxygen atoms in total. The van der Waals surface area contributed by atoms with E-state index in [2.05, 4.69) is 10.3 Å². The zero-order chi connectivity index (χ0) is 14.7. The van der Waals surface area contributed by atoms with Crippen molar-refractivity contribution in [3.8, 4) is 5.75 Å². The molecule has 102 valence electrons. The SMILES string of the molecule is O=C(O)c1cc(NC(=O)c2c[nH]ccc2=O)ccc1O. The maximum Gasteiger partial charge on any atom is 0.339 e. The standard InChI is InChI=1S/C13H10N2O5/c16-10-2-1-7(5-8(10)13(19)20)15-12(18)9-6-14-4-3-11(9)17/h1-6,16H,(H,14,17)(H,15,18)(H,19,20). The van der Waals surface area contributed by atoms with Gasteiger partial charge < -0.3 is 20.5 Å². The maximum atomic E-state index is 11.9. The molecule has 20 heavy (non-hydrogen) atoms. The van der Waals surface area contributed by atoms with Crippen LogP contribution in [0, 0.1) is 0 Å². The first-order chi connectivity index (χ1) is 9.49. The molecule has 1 amide bonds. The van der Waals surface area contributed by atoms with Crippen molar-refractivity contribution < 1.29 is 19.8 Å². The number of hydrogen-bond acceptors (Lipinski definition) is 4. The van der Waals surface area contributed by atoms with E-state index in [-0.39, 0.29) is 16.8 Å². The van der Waals surface area contributed by atoms with Crippen LogP contribution in [0.15, 0.2) is 41.5 Å². The van der Waals surface area contributed by atoms with Gasteiger partial charge in [0.1, 0.15) is 16.9 Å². The molecule has 0 saturated carbocycles. The third-order valence-corrected chi connectivity index (χ3v) is 2.55. The summed E-state index contributed by atoms with van der Waals surface area (Å²) < 4.78 is 0. The molecule has 0 aliphatic carbocycles. The molecule has 0 unspecified atom stereocenters. The molecular weight excluding hydrogens is 264 g/mol. The Morgan fingerprint density at radius 3 is 2.55 bits per heavy atom. The molecule has 0 atom stereocenters. The summed E-state index contributed by atoms with van der Waals surface area (Å²) in [6, 6.07) is 4.78. The van der Waals surface area contributed by atoms with Crippen LogP contribution in [-0.2, 0) is 0 Å². The Hall–Kier alpha value is -3.09. The van der Waals surface area contributed by atoms with Gasteiger partial charge in [-0.05, 0) is 18.2 Å². The molecule has 1 heterocycles. The van der Waals surface area contributed by atoms with Crippen LogP contribution in [-0.4, -0.2) is 27.1 Å². The summed E-state index contributed by atoms with van der Waals surface area (Å²) in [5.74, 6) is -2.40. The van der Waals surface area contributed by atoms with Crippen molar-refractivity contribution >= 4 is 17.6 Å². The normalized spacial score (nSPS) is 10.0. The number of carboxylic acids is 1. The minimum absolute atomic E-state index is 0.0996. The molecule has 0 fully saturated rings. The smallest absolute Gasteiger partial charge is 0.339 e. The first-order valence-corrected chi connectivity index (χ1v) is 5.54. The van der Waals surface area contributed by atoms with Crippen LogP contribution < -0.4 is 10.7 Å². The van der Waals surface area contributed by atoms with Gasteiger partial charge >= 0.3 is 5.97 Å². The Morgan fingerprint density at radius 1 is 1.15 bits per heavy atom. The number of aromatic hydroxyl groups is 1. The van der Waals surface area contributed by atoms with Gasteiger partial charge in [-0.25, -0.2) is 4.79 Å². The highest BCUT2D eigenvalue weighted by Crippen LogP contribution is 2.21. The number of anilines is 1. The Bertz CT molecular complexity index is 736. The molecule has 0 aliphatic rings. The van der Waals surface area contributed by atoms with Gasteiger partial charge in [-0.1, -0.05) is 0 Å². The van der Waals surface area contributed by atoms with Crippen LogP contribution in [0.1, 0.15) is 20.7 Å². The Balaban J connectivity index is 2.29. The number of carbonyl (C=O) groups is 2. The van der Waals surface area contributed by atoms with Crippen LogP contribution in [0.2, 0.25) is 0 Å². The van der Waals surface area contributed by atoms with E-state index >= 15 is 0 Å². The van der Waals surface area contributed by atoms with Gasteiger partial charge in [0.05, 0.1) is 0 Å². The molecule has 0 saturated heterocycles. The summed E-state index contributed by atoms with van der Waals surface area (Å²) in [5.41, 5.74) is -0.742. The summed E-state index contributed by atoms with van der Waals surface area (Å²) in [6.45, 7) is 0. The van der Waals surface area contributed by atoms with Crippen molar-refractivity contribution in [1.29, 1.82) is 0 Å². The van der Waals surface area contributed by atoms with E-state index in [4.69, 9.17) is 5.11 Å². The van der Waals surface area contributed by atoms with Crippen LogP contribution in [0.4, 0.5) is 5.69 Å². The van der Waals surface area contributed by atoms with Gasteiger partial charge in [-0.2, -0.15) is 0 Å². The van der Waals surface area contributed by atoms with Gasteiger partial charge in [0.25, 0.3) is 5.91 Å². The molecule has 1 aromatic carbocycles. The average Bonchev–Trinajstić information content (AvgIpc) is 2.41.